The van der Waals surface area contributed by atoms with Crippen molar-refractivity contribution in [2.24, 2.45) is 0 Å². The molecule has 0 aliphatic carbocycles. The number of sulfonamides is 1. The van der Waals surface area contributed by atoms with Gasteiger partial charge < -0.3 is 14.8 Å². The number of ether oxygens (including phenoxy) is 2. The lowest BCUT2D eigenvalue weighted by molar-refractivity contribution is 0.0953. The maximum Gasteiger partial charge on any atom is 0.252 e. The summed E-state index contributed by atoms with van der Waals surface area (Å²) in [6.45, 7) is 0.731. The highest BCUT2D eigenvalue weighted by molar-refractivity contribution is 7.98. The number of hydrogen-bond donors (Lipinski definition) is 1. The lowest BCUT2D eigenvalue weighted by Crippen LogP contribution is -2.40. The summed E-state index contributed by atoms with van der Waals surface area (Å²) in [5.41, 5.74) is 2.51. The fraction of sp³-hybridized carbons (Fsp3) is 0.381. The first kappa shape index (κ1) is 22.5. The number of hydrogen-bond acceptors (Lipinski definition) is 6. The van der Waals surface area contributed by atoms with Crippen LogP contribution in [0.2, 0.25) is 0 Å². The molecule has 3 rings (SSSR count). The molecule has 7 nitrogen and oxygen atoms in total. The predicted molar refractivity (Wildman–Crippen MR) is 118 cm³/mol. The molecule has 0 spiro atoms. The number of thioether (sulfide) groups is 1. The maximum atomic E-state index is 12.8. The highest BCUT2D eigenvalue weighted by Crippen LogP contribution is 2.33. The van der Waals surface area contributed by atoms with Gasteiger partial charge in [-0.1, -0.05) is 12.1 Å². The summed E-state index contributed by atoms with van der Waals surface area (Å²) < 4.78 is 37.8. The van der Waals surface area contributed by atoms with Crippen LogP contribution >= 0.6 is 11.8 Å². The smallest absolute Gasteiger partial charge is 0.252 e. The number of fused-ring (bicyclic) bond motifs is 1. The Labute approximate surface area is 181 Å². The number of nitrogens with zero attached hydrogens (tertiary/aromatic N) is 1. The lowest BCUT2D eigenvalue weighted by Gasteiger charge is -2.29. The summed E-state index contributed by atoms with van der Waals surface area (Å²) >= 11 is 1.48. The van der Waals surface area contributed by atoms with E-state index in [1.54, 1.807) is 26.4 Å². The second-order valence-corrected chi connectivity index (χ2v) is 9.77. The molecular formula is C21H26N2O5S2. The van der Waals surface area contributed by atoms with Gasteiger partial charge in [-0.25, -0.2) is 8.42 Å². The molecule has 1 N–H and O–H groups in total. The standard InChI is InChI=1S/C21H26N2O5S2/c1-27-18-12-15-8-10-23(14-16(15)13-19(18)28-2)30(25,26)11-9-22-21(24)17-6-4-5-7-20(17)29-3/h4-7,12-13H,8-11,14H2,1-3H3,(H,22,24). The summed E-state index contributed by atoms with van der Waals surface area (Å²) in [7, 11) is -0.379. The van der Waals surface area contributed by atoms with Gasteiger partial charge in [0.25, 0.3) is 5.91 Å². The van der Waals surface area contributed by atoms with E-state index in [9.17, 15) is 13.2 Å². The monoisotopic (exact) mass is 450 g/mol. The van der Waals surface area contributed by atoms with Crippen LogP contribution in [0.4, 0.5) is 0 Å². The van der Waals surface area contributed by atoms with Gasteiger partial charge in [0.2, 0.25) is 10.0 Å². The van der Waals surface area contributed by atoms with Crippen molar-refractivity contribution in [3.8, 4) is 11.5 Å². The summed E-state index contributed by atoms with van der Waals surface area (Å²) in [5, 5.41) is 2.73. The van der Waals surface area contributed by atoms with Crippen LogP contribution in [-0.2, 0) is 23.0 Å². The Morgan fingerprint density at radius 1 is 1.13 bits per heavy atom. The fourth-order valence-electron chi connectivity index (χ4n) is 3.44. The number of rotatable bonds is 8. The van der Waals surface area contributed by atoms with Gasteiger partial charge in [0.15, 0.2) is 11.5 Å². The molecule has 0 bridgehead atoms. The Morgan fingerprint density at radius 3 is 2.47 bits per heavy atom. The van der Waals surface area contributed by atoms with Gasteiger partial charge in [-0.2, -0.15) is 4.31 Å². The largest absolute Gasteiger partial charge is 0.493 e. The van der Waals surface area contributed by atoms with Crippen molar-refractivity contribution < 1.29 is 22.7 Å². The van der Waals surface area contributed by atoms with E-state index in [-0.39, 0.29) is 24.7 Å². The summed E-state index contributed by atoms with van der Waals surface area (Å²) in [5.74, 6) is 0.801. The summed E-state index contributed by atoms with van der Waals surface area (Å²) in [6, 6.07) is 11.0. The van der Waals surface area contributed by atoms with Gasteiger partial charge >= 0.3 is 0 Å². The minimum atomic E-state index is -3.51. The number of carbonyl (C=O) groups is 1. The fourth-order valence-corrected chi connectivity index (χ4v) is 5.36. The van der Waals surface area contributed by atoms with Crippen molar-refractivity contribution in [3.05, 3.63) is 53.1 Å². The molecule has 0 radical (unpaired) electrons. The normalized spacial score (nSPS) is 14.1. The molecule has 0 unspecified atom stereocenters. The molecule has 2 aromatic carbocycles. The van der Waals surface area contributed by atoms with Gasteiger partial charge in [0.1, 0.15) is 0 Å². The van der Waals surface area contributed by atoms with Gasteiger partial charge in [-0.05, 0) is 48.1 Å². The second-order valence-electron chi connectivity index (χ2n) is 6.83. The highest BCUT2D eigenvalue weighted by atomic mass is 32.2. The first-order valence-electron chi connectivity index (χ1n) is 9.52. The van der Waals surface area contributed by atoms with Crippen molar-refractivity contribution in [3.63, 3.8) is 0 Å². The van der Waals surface area contributed by atoms with Crippen LogP contribution in [0, 0.1) is 0 Å². The molecule has 30 heavy (non-hydrogen) atoms. The van der Waals surface area contributed by atoms with Crippen molar-refractivity contribution in [2.45, 2.75) is 17.9 Å². The van der Waals surface area contributed by atoms with E-state index >= 15 is 0 Å². The van der Waals surface area contributed by atoms with E-state index in [0.717, 1.165) is 16.0 Å². The minimum absolute atomic E-state index is 0.0547. The third kappa shape index (κ3) is 4.91. The quantitative estimate of drug-likeness (QED) is 0.622. The van der Waals surface area contributed by atoms with Gasteiger partial charge in [0.05, 0.1) is 25.5 Å². The predicted octanol–water partition coefficient (Wildman–Crippen LogP) is 2.54. The van der Waals surface area contributed by atoms with Gasteiger partial charge in [-0.3, -0.25) is 4.79 Å². The second kappa shape index (κ2) is 9.72. The molecule has 9 heteroatoms. The zero-order valence-corrected chi connectivity index (χ0v) is 18.9. The number of carbonyl (C=O) groups excluding carboxylic acids is 1. The highest BCUT2D eigenvalue weighted by Gasteiger charge is 2.28. The van der Waals surface area contributed by atoms with E-state index in [1.807, 2.05) is 30.5 Å². The topological polar surface area (TPSA) is 84.9 Å². The first-order valence-corrected chi connectivity index (χ1v) is 12.4. The van der Waals surface area contributed by atoms with Crippen molar-refractivity contribution in [1.82, 2.24) is 9.62 Å². The van der Waals surface area contributed by atoms with Crippen LogP contribution < -0.4 is 14.8 Å². The number of amides is 1. The Balaban J connectivity index is 1.63. The molecule has 1 amide bonds. The van der Waals surface area contributed by atoms with Gasteiger partial charge in [0, 0.05) is 24.5 Å². The van der Waals surface area contributed by atoms with E-state index in [0.29, 0.717) is 30.0 Å². The summed E-state index contributed by atoms with van der Waals surface area (Å²) in [4.78, 5) is 13.3. The maximum absolute atomic E-state index is 12.8. The third-order valence-corrected chi connectivity index (χ3v) is 7.69. The SMILES string of the molecule is COc1cc2c(cc1OC)CN(S(=O)(=O)CCNC(=O)c1ccccc1SC)CC2. The van der Waals surface area contributed by atoms with E-state index < -0.39 is 10.0 Å². The van der Waals surface area contributed by atoms with Crippen LogP contribution in [0.5, 0.6) is 11.5 Å². The molecule has 0 saturated carbocycles. The van der Waals surface area contributed by atoms with Crippen LogP contribution in [0.15, 0.2) is 41.3 Å². The summed E-state index contributed by atoms with van der Waals surface area (Å²) in [6.07, 6.45) is 2.50. The molecule has 162 valence electrons. The Hall–Kier alpha value is -2.23. The van der Waals surface area contributed by atoms with Crippen LogP contribution in [0.3, 0.4) is 0 Å². The Morgan fingerprint density at radius 2 is 1.80 bits per heavy atom. The molecule has 0 fully saturated rings. The number of nitrogens with one attached hydrogen (secondary N) is 1. The molecule has 0 atom stereocenters. The first-order chi connectivity index (χ1) is 14.4. The van der Waals surface area contributed by atoms with Crippen LogP contribution in [-0.4, -0.2) is 57.9 Å². The van der Waals surface area contributed by atoms with Gasteiger partial charge in [-0.15, -0.1) is 11.8 Å². The zero-order chi connectivity index (χ0) is 21.7. The zero-order valence-electron chi connectivity index (χ0n) is 17.3. The van der Waals surface area contributed by atoms with E-state index in [2.05, 4.69) is 5.32 Å². The van der Waals surface area contributed by atoms with Crippen molar-refractivity contribution >= 4 is 27.7 Å². The van der Waals surface area contributed by atoms with Crippen LogP contribution in [0.25, 0.3) is 0 Å². The number of methoxy groups -OCH3 is 2. The average Bonchev–Trinajstić information content (AvgIpc) is 2.77. The average molecular weight is 451 g/mol. The van der Waals surface area contributed by atoms with Crippen LogP contribution in [0.1, 0.15) is 21.5 Å². The lowest BCUT2D eigenvalue weighted by atomic mass is 10.0. The Bertz CT molecular complexity index is 1020. The number of benzene rings is 2. The molecule has 1 aliphatic rings. The van der Waals surface area contributed by atoms with E-state index in [1.165, 1.54) is 16.1 Å². The third-order valence-electron chi connectivity index (χ3n) is 5.07. The Kier molecular flexibility index (Phi) is 7.27. The molecule has 1 heterocycles. The minimum Gasteiger partial charge on any atom is -0.493 e. The molecule has 2 aromatic rings. The van der Waals surface area contributed by atoms with E-state index in [4.69, 9.17) is 9.47 Å². The molecular weight excluding hydrogens is 424 g/mol. The molecule has 0 saturated heterocycles. The van der Waals surface area contributed by atoms with Crippen molar-refractivity contribution in [1.29, 1.82) is 0 Å². The molecule has 1 aliphatic heterocycles. The molecule has 0 aromatic heterocycles. The van der Waals surface area contributed by atoms with Crippen molar-refractivity contribution in [2.75, 3.05) is 39.3 Å².